The Labute approximate surface area is 113 Å². The molecular formula is C16H17N3. The molecule has 1 heterocycles. The molecule has 0 aliphatic carbocycles. The molecule has 1 unspecified atom stereocenters. The lowest BCUT2D eigenvalue weighted by atomic mass is 10.0. The highest BCUT2D eigenvalue weighted by Gasteiger charge is 2.22. The SMILES string of the molecule is CNC1CCN(c2ccc(C#N)c3ccccc23)C1. The third kappa shape index (κ3) is 2.05. The summed E-state index contributed by atoms with van der Waals surface area (Å²) in [5.41, 5.74) is 2.00. The molecule has 3 rings (SSSR count). The summed E-state index contributed by atoms with van der Waals surface area (Å²) in [6.45, 7) is 2.10. The molecule has 96 valence electrons. The van der Waals surface area contributed by atoms with Crippen molar-refractivity contribution in [3.63, 3.8) is 0 Å². The fraction of sp³-hybridized carbons (Fsp3) is 0.312. The van der Waals surface area contributed by atoms with Gasteiger partial charge in [-0.15, -0.1) is 0 Å². The molecule has 0 saturated carbocycles. The second kappa shape index (κ2) is 4.91. The van der Waals surface area contributed by atoms with E-state index in [1.54, 1.807) is 0 Å². The first-order valence-electron chi connectivity index (χ1n) is 6.67. The molecule has 1 fully saturated rings. The van der Waals surface area contributed by atoms with Gasteiger partial charge in [-0.3, -0.25) is 0 Å². The summed E-state index contributed by atoms with van der Waals surface area (Å²) in [6, 6.07) is 15.0. The average Bonchev–Trinajstić information content (AvgIpc) is 2.95. The van der Waals surface area contributed by atoms with Crippen molar-refractivity contribution in [2.24, 2.45) is 0 Å². The van der Waals surface area contributed by atoms with Gasteiger partial charge in [-0.25, -0.2) is 0 Å². The predicted molar refractivity (Wildman–Crippen MR) is 78.3 cm³/mol. The van der Waals surface area contributed by atoms with Gasteiger partial charge in [-0.05, 0) is 25.6 Å². The monoisotopic (exact) mass is 251 g/mol. The minimum Gasteiger partial charge on any atom is -0.369 e. The largest absolute Gasteiger partial charge is 0.369 e. The Morgan fingerprint density at radius 1 is 1.21 bits per heavy atom. The molecule has 1 aliphatic rings. The van der Waals surface area contributed by atoms with Crippen molar-refractivity contribution in [3.8, 4) is 6.07 Å². The van der Waals surface area contributed by atoms with E-state index in [-0.39, 0.29) is 0 Å². The maximum Gasteiger partial charge on any atom is 0.0998 e. The van der Waals surface area contributed by atoms with Crippen molar-refractivity contribution in [2.45, 2.75) is 12.5 Å². The number of rotatable bonds is 2. The number of anilines is 1. The molecule has 0 amide bonds. The molecule has 19 heavy (non-hydrogen) atoms. The summed E-state index contributed by atoms with van der Waals surface area (Å²) in [5.74, 6) is 0. The van der Waals surface area contributed by atoms with Gasteiger partial charge in [0.15, 0.2) is 0 Å². The van der Waals surface area contributed by atoms with Crippen LogP contribution in [0.25, 0.3) is 10.8 Å². The van der Waals surface area contributed by atoms with Crippen LogP contribution in [0.5, 0.6) is 0 Å². The number of hydrogen-bond acceptors (Lipinski definition) is 3. The van der Waals surface area contributed by atoms with Gasteiger partial charge in [0.1, 0.15) is 0 Å². The smallest absolute Gasteiger partial charge is 0.0998 e. The van der Waals surface area contributed by atoms with Gasteiger partial charge < -0.3 is 10.2 Å². The zero-order valence-corrected chi connectivity index (χ0v) is 11.1. The van der Waals surface area contributed by atoms with Gasteiger partial charge in [0.05, 0.1) is 11.6 Å². The van der Waals surface area contributed by atoms with Crippen LogP contribution in [0.2, 0.25) is 0 Å². The van der Waals surface area contributed by atoms with Crippen molar-refractivity contribution < 1.29 is 0 Å². The number of fused-ring (bicyclic) bond motifs is 1. The summed E-state index contributed by atoms with van der Waals surface area (Å²) in [4.78, 5) is 2.41. The molecule has 2 aromatic carbocycles. The van der Waals surface area contributed by atoms with Crippen LogP contribution in [0.3, 0.4) is 0 Å². The van der Waals surface area contributed by atoms with E-state index in [0.29, 0.717) is 6.04 Å². The Morgan fingerprint density at radius 3 is 2.68 bits per heavy atom. The quantitative estimate of drug-likeness (QED) is 0.891. The van der Waals surface area contributed by atoms with Crippen molar-refractivity contribution in [2.75, 3.05) is 25.0 Å². The van der Waals surface area contributed by atoms with Crippen LogP contribution >= 0.6 is 0 Å². The van der Waals surface area contributed by atoms with Gasteiger partial charge in [0, 0.05) is 35.6 Å². The van der Waals surface area contributed by atoms with Crippen LogP contribution in [0.15, 0.2) is 36.4 Å². The standard InChI is InChI=1S/C16H17N3/c1-18-13-8-9-19(11-13)16-7-6-12(10-17)14-4-2-3-5-15(14)16/h2-7,13,18H,8-9,11H2,1H3. The number of benzene rings is 2. The second-order valence-electron chi connectivity index (χ2n) is 5.01. The van der Waals surface area contributed by atoms with E-state index in [1.807, 2.05) is 31.3 Å². The van der Waals surface area contributed by atoms with E-state index in [9.17, 15) is 5.26 Å². The number of nitriles is 1. The third-order valence-corrected chi connectivity index (χ3v) is 3.96. The van der Waals surface area contributed by atoms with E-state index in [4.69, 9.17) is 0 Å². The molecule has 0 radical (unpaired) electrons. The lowest BCUT2D eigenvalue weighted by molar-refractivity contribution is 0.617. The minimum absolute atomic E-state index is 0.564. The molecule has 1 atom stereocenters. The molecule has 0 spiro atoms. The average molecular weight is 251 g/mol. The Hall–Kier alpha value is -2.05. The van der Waals surface area contributed by atoms with E-state index >= 15 is 0 Å². The van der Waals surface area contributed by atoms with Crippen LogP contribution in [0.4, 0.5) is 5.69 Å². The van der Waals surface area contributed by atoms with Crippen LogP contribution < -0.4 is 10.2 Å². The first-order chi connectivity index (χ1) is 9.33. The van der Waals surface area contributed by atoms with E-state index in [1.165, 1.54) is 17.5 Å². The van der Waals surface area contributed by atoms with Crippen molar-refractivity contribution in [1.82, 2.24) is 5.32 Å². The third-order valence-electron chi connectivity index (χ3n) is 3.96. The minimum atomic E-state index is 0.564. The molecule has 2 aromatic rings. The summed E-state index contributed by atoms with van der Waals surface area (Å²) in [5, 5.41) is 14.8. The van der Waals surface area contributed by atoms with Crippen LogP contribution in [-0.2, 0) is 0 Å². The summed E-state index contributed by atoms with van der Waals surface area (Å²) in [6.07, 6.45) is 1.17. The topological polar surface area (TPSA) is 39.1 Å². The highest BCUT2D eigenvalue weighted by Crippen LogP contribution is 2.31. The number of nitrogens with one attached hydrogen (secondary N) is 1. The summed E-state index contributed by atoms with van der Waals surface area (Å²) >= 11 is 0. The number of hydrogen-bond donors (Lipinski definition) is 1. The molecule has 0 bridgehead atoms. The number of nitrogens with zero attached hydrogens (tertiary/aromatic N) is 2. The van der Waals surface area contributed by atoms with Gasteiger partial charge >= 0.3 is 0 Å². The maximum atomic E-state index is 9.20. The Kier molecular flexibility index (Phi) is 3.10. The Morgan fingerprint density at radius 2 is 2.00 bits per heavy atom. The van der Waals surface area contributed by atoms with E-state index in [2.05, 4.69) is 28.4 Å². The molecule has 1 saturated heterocycles. The summed E-state index contributed by atoms with van der Waals surface area (Å²) < 4.78 is 0. The first-order valence-corrected chi connectivity index (χ1v) is 6.67. The predicted octanol–water partition coefficient (Wildman–Crippen LogP) is 2.51. The number of likely N-dealkylation sites (N-methyl/N-ethyl adjacent to an activating group) is 1. The lowest BCUT2D eigenvalue weighted by Crippen LogP contribution is -2.29. The van der Waals surface area contributed by atoms with Crippen molar-refractivity contribution in [3.05, 3.63) is 42.0 Å². The normalized spacial score (nSPS) is 18.7. The molecular weight excluding hydrogens is 234 g/mol. The maximum absolute atomic E-state index is 9.20. The Bertz CT molecular complexity index is 642. The highest BCUT2D eigenvalue weighted by molar-refractivity contribution is 5.97. The zero-order valence-electron chi connectivity index (χ0n) is 11.1. The fourth-order valence-corrected chi connectivity index (χ4v) is 2.87. The second-order valence-corrected chi connectivity index (χ2v) is 5.01. The van der Waals surface area contributed by atoms with Gasteiger partial charge in [-0.2, -0.15) is 5.26 Å². The zero-order chi connectivity index (χ0) is 13.2. The van der Waals surface area contributed by atoms with Crippen molar-refractivity contribution >= 4 is 16.5 Å². The molecule has 3 heteroatoms. The Balaban J connectivity index is 2.08. The van der Waals surface area contributed by atoms with Crippen LogP contribution in [0, 0.1) is 11.3 Å². The van der Waals surface area contributed by atoms with E-state index in [0.717, 1.165) is 24.0 Å². The first kappa shape index (κ1) is 12.0. The van der Waals surface area contributed by atoms with Gasteiger partial charge in [-0.1, -0.05) is 24.3 Å². The molecule has 1 aliphatic heterocycles. The van der Waals surface area contributed by atoms with Gasteiger partial charge in [0.2, 0.25) is 0 Å². The molecule has 3 nitrogen and oxygen atoms in total. The van der Waals surface area contributed by atoms with Gasteiger partial charge in [0.25, 0.3) is 0 Å². The summed E-state index contributed by atoms with van der Waals surface area (Å²) in [7, 11) is 2.02. The van der Waals surface area contributed by atoms with Crippen LogP contribution in [0.1, 0.15) is 12.0 Å². The van der Waals surface area contributed by atoms with E-state index < -0.39 is 0 Å². The molecule has 0 aromatic heterocycles. The lowest BCUT2D eigenvalue weighted by Gasteiger charge is -2.21. The van der Waals surface area contributed by atoms with Crippen molar-refractivity contribution in [1.29, 1.82) is 5.26 Å². The van der Waals surface area contributed by atoms with Crippen LogP contribution in [-0.4, -0.2) is 26.2 Å². The fourth-order valence-electron chi connectivity index (χ4n) is 2.87. The molecule has 1 N–H and O–H groups in total. The highest BCUT2D eigenvalue weighted by atomic mass is 15.2.